The zero-order valence-corrected chi connectivity index (χ0v) is 16.5. The van der Waals surface area contributed by atoms with Gasteiger partial charge in [0.1, 0.15) is 11.3 Å². The zero-order chi connectivity index (χ0) is 19.1. The Morgan fingerprint density at radius 2 is 1.86 bits per heavy atom. The fourth-order valence-corrected chi connectivity index (χ4v) is 6.61. The molecule has 4 aliphatic carbocycles. The van der Waals surface area contributed by atoms with Crippen molar-refractivity contribution < 1.29 is 9.18 Å². The van der Waals surface area contributed by atoms with E-state index in [1.165, 1.54) is 19.3 Å². The summed E-state index contributed by atoms with van der Waals surface area (Å²) in [6.45, 7) is 0.439. The third-order valence-corrected chi connectivity index (χ3v) is 7.32. The van der Waals surface area contributed by atoms with E-state index in [1.54, 1.807) is 6.20 Å². The minimum Gasteiger partial charge on any atom is -0.345 e. The third kappa shape index (κ3) is 3.23. The molecule has 0 spiro atoms. The summed E-state index contributed by atoms with van der Waals surface area (Å²) < 4.78 is 14.5. The van der Waals surface area contributed by atoms with E-state index < -0.39 is 0 Å². The van der Waals surface area contributed by atoms with Gasteiger partial charge in [-0.25, -0.2) is 4.98 Å². The Morgan fingerprint density at radius 1 is 1.14 bits per heavy atom. The van der Waals surface area contributed by atoms with Crippen molar-refractivity contribution in [2.24, 2.45) is 17.8 Å². The maximum absolute atomic E-state index is 13.4. The number of carbonyl (C=O) groups is 1. The zero-order valence-electron chi connectivity index (χ0n) is 16.5. The van der Waals surface area contributed by atoms with Crippen LogP contribution in [0.2, 0.25) is 0 Å². The molecule has 1 N–H and O–H groups in total. The maximum atomic E-state index is 13.4. The second-order valence-corrected chi connectivity index (χ2v) is 9.50. The van der Waals surface area contributed by atoms with Crippen LogP contribution in [0.5, 0.6) is 0 Å². The van der Waals surface area contributed by atoms with Crippen LogP contribution in [0.4, 0.5) is 4.39 Å². The van der Waals surface area contributed by atoms with Crippen LogP contribution in [0.1, 0.15) is 68.3 Å². The summed E-state index contributed by atoms with van der Waals surface area (Å²) in [7, 11) is 0. The Bertz CT molecular complexity index is 839. The van der Waals surface area contributed by atoms with Crippen LogP contribution in [0, 0.1) is 17.8 Å². The Morgan fingerprint density at radius 3 is 2.54 bits per heavy atom. The number of halogens is 1. The molecule has 4 fully saturated rings. The average molecular weight is 384 g/mol. The van der Waals surface area contributed by atoms with Crippen molar-refractivity contribution in [1.29, 1.82) is 0 Å². The fraction of sp³-hybridized carbons (Fsp3) is 0.652. The molecule has 4 saturated carbocycles. The summed E-state index contributed by atoms with van der Waals surface area (Å²) in [5, 5.41) is 4.50. The van der Waals surface area contributed by atoms with Gasteiger partial charge in [-0.05, 0) is 93.7 Å². The highest BCUT2D eigenvalue weighted by molar-refractivity contribution is 5.98. The Balaban J connectivity index is 1.40. The van der Waals surface area contributed by atoms with Gasteiger partial charge in [-0.1, -0.05) is 0 Å². The van der Waals surface area contributed by atoms with Crippen molar-refractivity contribution >= 4 is 16.9 Å². The Kier molecular flexibility index (Phi) is 4.64. The summed E-state index contributed by atoms with van der Waals surface area (Å²) in [6.07, 6.45) is 11.6. The van der Waals surface area contributed by atoms with Gasteiger partial charge in [0.2, 0.25) is 0 Å². The van der Waals surface area contributed by atoms with E-state index in [9.17, 15) is 9.18 Å². The number of alkyl halides is 1. The molecular formula is C23H30FN3O. The summed E-state index contributed by atoms with van der Waals surface area (Å²) in [5.74, 6) is 2.46. The molecule has 28 heavy (non-hydrogen) atoms. The van der Waals surface area contributed by atoms with E-state index in [4.69, 9.17) is 0 Å². The molecule has 4 bridgehead atoms. The van der Waals surface area contributed by atoms with Gasteiger partial charge in [0.25, 0.3) is 5.91 Å². The maximum Gasteiger partial charge on any atom is 0.268 e. The number of fused-ring (bicyclic) bond motifs is 1. The number of amides is 1. The molecule has 1 amide bonds. The molecule has 150 valence electrons. The lowest BCUT2D eigenvalue weighted by atomic mass is 9.53. The van der Waals surface area contributed by atoms with Crippen molar-refractivity contribution in [3.8, 4) is 0 Å². The minimum atomic E-state index is -0.274. The lowest BCUT2D eigenvalue weighted by Gasteiger charge is -2.56. The Hall–Kier alpha value is -1.91. The molecule has 0 radical (unpaired) electrons. The first-order valence-corrected chi connectivity index (χ1v) is 11.0. The van der Waals surface area contributed by atoms with Crippen LogP contribution in [0.3, 0.4) is 0 Å². The first kappa shape index (κ1) is 18.1. The van der Waals surface area contributed by atoms with E-state index in [0.29, 0.717) is 18.7 Å². The molecular weight excluding hydrogens is 353 g/mol. The van der Waals surface area contributed by atoms with E-state index in [1.807, 2.05) is 22.8 Å². The quantitative estimate of drug-likeness (QED) is 0.693. The number of hydrogen-bond donors (Lipinski definition) is 1. The number of aromatic nitrogens is 2. The molecule has 2 heterocycles. The van der Waals surface area contributed by atoms with Crippen LogP contribution in [0.15, 0.2) is 24.4 Å². The van der Waals surface area contributed by atoms with Crippen molar-refractivity contribution in [3.05, 3.63) is 30.1 Å². The SMILES string of the molecule is O=C(NC12CC3CC(CC(C3)C1)C2)c1cc2cccnc2n1CCCCCF. The largest absolute Gasteiger partial charge is 0.345 e. The van der Waals surface area contributed by atoms with Crippen molar-refractivity contribution in [2.75, 3.05) is 6.67 Å². The van der Waals surface area contributed by atoms with Crippen LogP contribution in [-0.2, 0) is 6.54 Å². The lowest BCUT2D eigenvalue weighted by Crippen LogP contribution is -2.60. The van der Waals surface area contributed by atoms with Gasteiger partial charge in [-0.2, -0.15) is 0 Å². The first-order valence-electron chi connectivity index (χ1n) is 11.0. The summed E-state index contributed by atoms with van der Waals surface area (Å²) in [4.78, 5) is 17.9. The van der Waals surface area contributed by atoms with Gasteiger partial charge >= 0.3 is 0 Å². The van der Waals surface area contributed by atoms with Crippen molar-refractivity contribution in [2.45, 2.75) is 69.9 Å². The monoisotopic (exact) mass is 383 g/mol. The van der Waals surface area contributed by atoms with Crippen LogP contribution in [0.25, 0.3) is 11.0 Å². The van der Waals surface area contributed by atoms with Gasteiger partial charge in [-0.3, -0.25) is 9.18 Å². The number of nitrogens with one attached hydrogen (secondary N) is 1. The number of hydrogen-bond acceptors (Lipinski definition) is 2. The molecule has 0 atom stereocenters. The summed E-state index contributed by atoms with van der Waals surface area (Å²) in [5.41, 5.74) is 1.58. The van der Waals surface area contributed by atoms with Gasteiger partial charge in [-0.15, -0.1) is 0 Å². The molecule has 0 saturated heterocycles. The number of carbonyl (C=O) groups excluding carboxylic acids is 1. The predicted octanol–water partition coefficient (Wildman–Crippen LogP) is 4.87. The van der Waals surface area contributed by atoms with E-state index >= 15 is 0 Å². The minimum absolute atomic E-state index is 0.00870. The van der Waals surface area contributed by atoms with Crippen LogP contribution >= 0.6 is 0 Å². The van der Waals surface area contributed by atoms with Crippen LogP contribution < -0.4 is 5.32 Å². The second-order valence-electron chi connectivity index (χ2n) is 9.50. The van der Waals surface area contributed by atoms with Gasteiger partial charge in [0, 0.05) is 23.7 Å². The molecule has 0 aliphatic heterocycles. The number of aryl methyl sites for hydroxylation is 1. The highest BCUT2D eigenvalue weighted by atomic mass is 19.1. The topological polar surface area (TPSA) is 46.9 Å². The van der Waals surface area contributed by atoms with E-state index in [2.05, 4.69) is 10.3 Å². The van der Waals surface area contributed by atoms with Crippen LogP contribution in [-0.4, -0.2) is 27.7 Å². The molecule has 4 aliphatic rings. The molecule has 5 heteroatoms. The van der Waals surface area contributed by atoms with Crippen molar-refractivity contribution in [3.63, 3.8) is 0 Å². The number of pyridine rings is 1. The summed E-state index contributed by atoms with van der Waals surface area (Å²) in [6, 6.07) is 5.91. The molecule has 6 rings (SSSR count). The highest BCUT2D eigenvalue weighted by Gasteiger charge is 2.51. The first-order chi connectivity index (χ1) is 13.7. The van der Waals surface area contributed by atoms with E-state index in [0.717, 1.165) is 60.9 Å². The number of unbranched alkanes of at least 4 members (excludes halogenated alkanes) is 2. The lowest BCUT2D eigenvalue weighted by molar-refractivity contribution is -0.0168. The molecule has 2 aromatic rings. The summed E-state index contributed by atoms with van der Waals surface area (Å²) >= 11 is 0. The average Bonchev–Trinajstić information content (AvgIpc) is 3.03. The molecule has 0 unspecified atom stereocenters. The number of nitrogens with zero attached hydrogens (tertiary/aromatic N) is 2. The highest BCUT2D eigenvalue weighted by Crippen LogP contribution is 2.55. The standard InChI is InChI=1S/C23H30FN3O/c24-6-2-1-3-8-27-20(12-19-5-4-7-25-21(19)27)22(28)26-23-13-16-9-17(14-23)11-18(10-16)15-23/h4-5,7,12,16-18H,1-3,6,8-11,13-15H2,(H,26,28). The Labute approximate surface area is 165 Å². The predicted molar refractivity (Wildman–Crippen MR) is 108 cm³/mol. The van der Waals surface area contributed by atoms with E-state index in [-0.39, 0.29) is 18.1 Å². The molecule has 0 aromatic carbocycles. The fourth-order valence-electron chi connectivity index (χ4n) is 6.61. The second kappa shape index (κ2) is 7.16. The number of rotatable bonds is 7. The van der Waals surface area contributed by atoms with Gasteiger partial charge in [0.15, 0.2) is 0 Å². The van der Waals surface area contributed by atoms with Gasteiger partial charge in [0.05, 0.1) is 6.67 Å². The normalized spacial score (nSPS) is 30.8. The molecule has 2 aromatic heterocycles. The third-order valence-electron chi connectivity index (χ3n) is 7.32. The molecule has 4 nitrogen and oxygen atoms in total. The van der Waals surface area contributed by atoms with Crippen molar-refractivity contribution in [1.82, 2.24) is 14.9 Å². The smallest absolute Gasteiger partial charge is 0.268 e. The van der Waals surface area contributed by atoms with Gasteiger partial charge < -0.3 is 9.88 Å².